The van der Waals surface area contributed by atoms with Crippen LogP contribution >= 0.6 is 39.7 Å². The third-order valence-corrected chi connectivity index (χ3v) is 3.46. The maximum absolute atomic E-state index is 12.0. The molecule has 0 radical (unpaired) electrons. The summed E-state index contributed by atoms with van der Waals surface area (Å²) in [5, 5.41) is 6.21. The van der Waals surface area contributed by atoms with Gasteiger partial charge in [-0.2, -0.15) is 0 Å². The van der Waals surface area contributed by atoms with Crippen LogP contribution in [-0.4, -0.2) is 11.0 Å². The lowest BCUT2D eigenvalue weighted by Crippen LogP contribution is -2.34. The van der Waals surface area contributed by atoms with Crippen molar-refractivity contribution in [3.05, 3.63) is 63.6 Å². The van der Waals surface area contributed by atoms with Crippen LogP contribution in [0.4, 0.5) is 5.69 Å². The predicted octanol–water partition coefficient (Wildman–Crippen LogP) is 4.23. The molecule has 0 atom stereocenters. The molecule has 6 heteroatoms. The summed E-state index contributed by atoms with van der Waals surface area (Å²) in [6, 6.07) is 14.2. The van der Waals surface area contributed by atoms with Crippen molar-refractivity contribution in [1.82, 2.24) is 5.32 Å². The third-order valence-electron chi connectivity index (χ3n) is 2.44. The fourth-order valence-corrected chi connectivity index (χ4v) is 2.31. The van der Waals surface area contributed by atoms with E-state index in [1.54, 1.807) is 30.3 Å². The lowest BCUT2D eigenvalue weighted by Gasteiger charge is -2.10. The fraction of sp³-hybridized carbons (Fsp3) is 0. The van der Waals surface area contributed by atoms with Crippen LogP contribution in [0.5, 0.6) is 0 Å². The van der Waals surface area contributed by atoms with Crippen molar-refractivity contribution in [2.24, 2.45) is 0 Å². The molecule has 0 unspecified atom stereocenters. The number of hydrogen-bond donors (Lipinski definition) is 2. The van der Waals surface area contributed by atoms with Gasteiger partial charge in [0, 0.05) is 10.0 Å². The molecular weight excluding hydrogens is 360 g/mol. The van der Waals surface area contributed by atoms with Crippen LogP contribution < -0.4 is 10.6 Å². The van der Waals surface area contributed by atoms with Gasteiger partial charge in [-0.15, -0.1) is 0 Å². The maximum Gasteiger partial charge on any atom is 0.257 e. The first-order valence-electron chi connectivity index (χ1n) is 5.68. The summed E-state index contributed by atoms with van der Waals surface area (Å²) in [6.45, 7) is 0. The molecule has 2 rings (SSSR count). The van der Waals surface area contributed by atoms with Crippen LogP contribution in [0.25, 0.3) is 0 Å². The number of benzene rings is 2. The van der Waals surface area contributed by atoms with E-state index < -0.39 is 0 Å². The van der Waals surface area contributed by atoms with Crippen molar-refractivity contribution in [3.63, 3.8) is 0 Å². The Hall–Kier alpha value is -1.43. The highest BCUT2D eigenvalue weighted by Crippen LogP contribution is 2.20. The second-order valence-electron chi connectivity index (χ2n) is 3.90. The molecule has 0 aliphatic rings. The first-order chi connectivity index (χ1) is 9.56. The number of carbonyl (C=O) groups excluding carboxylic acids is 1. The summed E-state index contributed by atoms with van der Waals surface area (Å²) in [5.74, 6) is -0.282. The van der Waals surface area contributed by atoms with Crippen LogP contribution in [0.3, 0.4) is 0 Å². The molecule has 2 N–H and O–H groups in total. The average molecular weight is 370 g/mol. The first kappa shape index (κ1) is 15.0. The van der Waals surface area contributed by atoms with Crippen LogP contribution in [0.15, 0.2) is 53.0 Å². The minimum Gasteiger partial charge on any atom is -0.331 e. The maximum atomic E-state index is 12.0. The largest absolute Gasteiger partial charge is 0.331 e. The number of nitrogens with one attached hydrogen (secondary N) is 2. The van der Waals surface area contributed by atoms with Crippen LogP contribution in [0.2, 0.25) is 5.02 Å². The molecule has 2 aromatic rings. The first-order valence-corrected chi connectivity index (χ1v) is 7.26. The second kappa shape index (κ2) is 6.83. The van der Waals surface area contributed by atoms with Gasteiger partial charge in [-0.1, -0.05) is 45.7 Å². The monoisotopic (exact) mass is 368 g/mol. The molecule has 0 aliphatic carbocycles. The predicted molar refractivity (Wildman–Crippen MR) is 89.3 cm³/mol. The number of carbonyl (C=O) groups is 1. The Labute approximate surface area is 135 Å². The average Bonchev–Trinajstić information content (AvgIpc) is 2.41. The molecule has 0 spiro atoms. The van der Waals surface area contributed by atoms with Crippen molar-refractivity contribution in [1.29, 1.82) is 0 Å². The van der Waals surface area contributed by atoms with Gasteiger partial charge in [0.1, 0.15) is 0 Å². The Morgan fingerprint density at radius 2 is 1.90 bits per heavy atom. The molecule has 1 amide bonds. The summed E-state index contributed by atoms with van der Waals surface area (Å²) in [6.07, 6.45) is 0. The van der Waals surface area contributed by atoms with E-state index in [1.165, 1.54) is 0 Å². The van der Waals surface area contributed by atoms with E-state index in [2.05, 4.69) is 26.6 Å². The Kier molecular flexibility index (Phi) is 5.11. The third kappa shape index (κ3) is 4.03. The van der Waals surface area contributed by atoms with E-state index in [1.807, 2.05) is 18.2 Å². The highest BCUT2D eigenvalue weighted by Gasteiger charge is 2.09. The molecular formula is C14H10BrClN2OS. The smallest absolute Gasteiger partial charge is 0.257 e. The van der Waals surface area contributed by atoms with Gasteiger partial charge in [-0.25, -0.2) is 0 Å². The molecule has 0 bridgehead atoms. The summed E-state index contributed by atoms with van der Waals surface area (Å²) in [7, 11) is 0. The van der Waals surface area contributed by atoms with Gasteiger partial charge in [0.05, 0.1) is 10.7 Å². The molecule has 3 nitrogen and oxygen atoms in total. The quantitative estimate of drug-likeness (QED) is 0.778. The number of thiocarbonyl (C=S) groups is 1. The number of para-hydroxylation sites is 1. The molecule has 0 heterocycles. The van der Waals surface area contributed by atoms with Gasteiger partial charge in [-0.3, -0.25) is 10.1 Å². The lowest BCUT2D eigenvalue weighted by molar-refractivity contribution is 0.0977. The van der Waals surface area contributed by atoms with E-state index in [-0.39, 0.29) is 11.0 Å². The molecule has 20 heavy (non-hydrogen) atoms. The van der Waals surface area contributed by atoms with E-state index in [0.29, 0.717) is 16.3 Å². The van der Waals surface area contributed by atoms with Crippen molar-refractivity contribution in [2.75, 3.05) is 5.32 Å². The number of amides is 1. The molecule has 2 aromatic carbocycles. The van der Waals surface area contributed by atoms with Crippen LogP contribution in [-0.2, 0) is 0 Å². The van der Waals surface area contributed by atoms with Crippen molar-refractivity contribution in [2.45, 2.75) is 0 Å². The van der Waals surface area contributed by atoms with E-state index in [4.69, 9.17) is 23.8 Å². The Morgan fingerprint density at radius 1 is 1.15 bits per heavy atom. The minimum atomic E-state index is -0.282. The number of anilines is 1. The van der Waals surface area contributed by atoms with E-state index >= 15 is 0 Å². The Balaban J connectivity index is 2.02. The number of hydrogen-bond acceptors (Lipinski definition) is 2. The lowest BCUT2D eigenvalue weighted by atomic mass is 10.2. The zero-order chi connectivity index (χ0) is 14.5. The van der Waals surface area contributed by atoms with Gasteiger partial charge in [0.15, 0.2) is 5.11 Å². The molecule has 0 aromatic heterocycles. The van der Waals surface area contributed by atoms with Gasteiger partial charge in [-0.05, 0) is 42.5 Å². The molecule has 0 fully saturated rings. The SMILES string of the molecule is O=C(NC(=S)Nc1ccccc1Cl)c1cccc(Br)c1. The summed E-state index contributed by atoms with van der Waals surface area (Å²) in [5.41, 5.74) is 1.16. The molecule has 0 aliphatic heterocycles. The van der Waals surface area contributed by atoms with E-state index in [0.717, 1.165) is 4.47 Å². The van der Waals surface area contributed by atoms with Crippen molar-refractivity contribution < 1.29 is 4.79 Å². The highest BCUT2D eigenvalue weighted by atomic mass is 79.9. The van der Waals surface area contributed by atoms with E-state index in [9.17, 15) is 4.79 Å². The zero-order valence-corrected chi connectivity index (χ0v) is 13.3. The number of halogens is 2. The summed E-state index contributed by atoms with van der Waals surface area (Å²) >= 11 is 14.4. The zero-order valence-electron chi connectivity index (χ0n) is 10.2. The standard InChI is InChI=1S/C14H10BrClN2OS/c15-10-5-3-4-9(8-10)13(19)18-14(20)17-12-7-2-1-6-11(12)16/h1-8H,(H2,17,18,19,20). The summed E-state index contributed by atoms with van der Waals surface area (Å²) < 4.78 is 0.829. The minimum absolute atomic E-state index is 0.197. The highest BCUT2D eigenvalue weighted by molar-refractivity contribution is 9.10. The van der Waals surface area contributed by atoms with Gasteiger partial charge in [0.2, 0.25) is 0 Å². The molecule has 0 saturated carbocycles. The Bertz CT molecular complexity index is 663. The number of rotatable bonds is 2. The van der Waals surface area contributed by atoms with Crippen LogP contribution in [0.1, 0.15) is 10.4 Å². The van der Waals surface area contributed by atoms with Gasteiger partial charge < -0.3 is 5.32 Å². The fourth-order valence-electron chi connectivity index (χ4n) is 1.52. The second-order valence-corrected chi connectivity index (χ2v) is 5.63. The summed E-state index contributed by atoms with van der Waals surface area (Å²) in [4.78, 5) is 12.0. The van der Waals surface area contributed by atoms with Gasteiger partial charge in [0.25, 0.3) is 5.91 Å². The molecule has 0 saturated heterocycles. The van der Waals surface area contributed by atoms with Crippen molar-refractivity contribution >= 4 is 56.5 Å². The topological polar surface area (TPSA) is 41.1 Å². The van der Waals surface area contributed by atoms with Crippen LogP contribution in [0, 0.1) is 0 Å². The molecule has 102 valence electrons. The van der Waals surface area contributed by atoms with Gasteiger partial charge >= 0.3 is 0 Å². The normalized spacial score (nSPS) is 9.90. The Morgan fingerprint density at radius 3 is 2.60 bits per heavy atom. The van der Waals surface area contributed by atoms with Crippen molar-refractivity contribution in [3.8, 4) is 0 Å².